The van der Waals surface area contributed by atoms with Crippen molar-refractivity contribution in [3.8, 4) is 67.0 Å². The van der Waals surface area contributed by atoms with Crippen molar-refractivity contribution in [1.82, 2.24) is 9.97 Å². The fourth-order valence-corrected chi connectivity index (χ4v) is 9.73. The van der Waals surface area contributed by atoms with E-state index >= 15 is 0 Å². The molecule has 0 atom stereocenters. The monoisotopic (exact) mass is 920 g/mol. The fourth-order valence-electron chi connectivity index (χ4n) is 9.73. The van der Waals surface area contributed by atoms with Gasteiger partial charge < -0.3 is 9.80 Å². The predicted octanol–water partition coefficient (Wildman–Crippen LogP) is 18.6. The van der Waals surface area contributed by atoms with Crippen LogP contribution in [0.15, 0.2) is 291 Å². The minimum Gasteiger partial charge on any atom is -0.310 e. The van der Waals surface area contributed by atoms with E-state index < -0.39 is 0 Å². The summed E-state index contributed by atoms with van der Waals surface area (Å²) in [6.45, 7) is 0. The van der Waals surface area contributed by atoms with Crippen LogP contribution in [0.4, 0.5) is 34.1 Å². The molecule has 0 radical (unpaired) electrons. The third-order valence-corrected chi connectivity index (χ3v) is 13.3. The van der Waals surface area contributed by atoms with Crippen LogP contribution in [0, 0.1) is 0 Å². The lowest BCUT2D eigenvalue weighted by Crippen LogP contribution is -2.11. The molecule has 0 aliphatic carbocycles. The number of aromatic nitrogens is 2. The van der Waals surface area contributed by atoms with E-state index in [2.05, 4.69) is 277 Å². The van der Waals surface area contributed by atoms with Gasteiger partial charge in [-0.05, 0) is 106 Å². The summed E-state index contributed by atoms with van der Waals surface area (Å²) in [5, 5.41) is 0. The molecule has 72 heavy (non-hydrogen) atoms. The first-order valence-electron chi connectivity index (χ1n) is 24.4. The molecule has 1 aromatic heterocycles. The largest absolute Gasteiger partial charge is 0.310 e. The highest BCUT2D eigenvalue weighted by molar-refractivity contribution is 5.94. The molecule has 0 amide bonds. The van der Waals surface area contributed by atoms with E-state index in [4.69, 9.17) is 9.97 Å². The Kier molecular flexibility index (Phi) is 12.0. The minimum absolute atomic E-state index is 0.817. The van der Waals surface area contributed by atoms with Crippen molar-refractivity contribution in [1.29, 1.82) is 0 Å². The van der Waals surface area contributed by atoms with Gasteiger partial charge in [0, 0.05) is 45.0 Å². The van der Waals surface area contributed by atoms with E-state index in [1.165, 1.54) is 11.1 Å². The summed E-state index contributed by atoms with van der Waals surface area (Å²) in [5.41, 5.74) is 20.8. The summed E-state index contributed by atoms with van der Waals surface area (Å²) in [6.07, 6.45) is 0. The van der Waals surface area contributed by atoms with Crippen LogP contribution < -0.4 is 9.80 Å². The quantitative estimate of drug-likeness (QED) is 0.122. The highest BCUT2D eigenvalue weighted by Gasteiger charge is 2.22. The molecular weight excluding hydrogens is 873 g/mol. The van der Waals surface area contributed by atoms with Crippen LogP contribution in [0.1, 0.15) is 0 Å². The van der Waals surface area contributed by atoms with Crippen molar-refractivity contribution >= 4 is 45.2 Å². The molecule has 0 aliphatic rings. The molecule has 0 aliphatic heterocycles. The summed E-state index contributed by atoms with van der Waals surface area (Å²) in [4.78, 5) is 15.4. The molecule has 0 fully saturated rings. The molecule has 0 bridgehead atoms. The van der Waals surface area contributed by atoms with Gasteiger partial charge in [0.05, 0.1) is 33.8 Å². The van der Waals surface area contributed by atoms with E-state index in [1.54, 1.807) is 0 Å². The van der Waals surface area contributed by atoms with Crippen molar-refractivity contribution in [3.05, 3.63) is 291 Å². The van der Waals surface area contributed by atoms with Crippen molar-refractivity contribution < 1.29 is 0 Å². The van der Waals surface area contributed by atoms with Crippen LogP contribution in [-0.2, 0) is 0 Å². The Balaban J connectivity index is 0.970. The zero-order chi connectivity index (χ0) is 48.1. The average molecular weight is 921 g/mol. The molecule has 4 nitrogen and oxygen atoms in total. The van der Waals surface area contributed by atoms with Gasteiger partial charge in [-0.2, -0.15) is 0 Å². The number of fused-ring (bicyclic) bond motifs is 1. The van der Waals surface area contributed by atoms with Crippen LogP contribution in [-0.4, -0.2) is 9.97 Å². The van der Waals surface area contributed by atoms with E-state index in [0.29, 0.717) is 0 Å². The van der Waals surface area contributed by atoms with E-state index in [0.717, 1.165) is 101 Å². The Bertz CT molecular complexity index is 3500. The second kappa shape index (κ2) is 19.8. The Morgan fingerprint density at radius 3 is 0.833 bits per heavy atom. The molecule has 11 aromatic carbocycles. The van der Waals surface area contributed by atoms with Crippen LogP contribution in [0.25, 0.3) is 78.1 Å². The fraction of sp³-hybridized carbons (Fsp3) is 0. The Morgan fingerprint density at radius 1 is 0.208 bits per heavy atom. The maximum absolute atomic E-state index is 5.36. The zero-order valence-corrected chi connectivity index (χ0v) is 39.5. The van der Waals surface area contributed by atoms with Gasteiger partial charge in [-0.1, -0.05) is 218 Å². The third-order valence-electron chi connectivity index (χ3n) is 13.3. The number of nitrogens with zero attached hydrogens (tertiary/aromatic N) is 4. The molecule has 12 rings (SSSR count). The molecule has 12 aromatic rings. The maximum atomic E-state index is 5.36. The highest BCUT2D eigenvalue weighted by Crippen LogP contribution is 2.46. The van der Waals surface area contributed by atoms with Gasteiger partial charge in [0.1, 0.15) is 0 Å². The normalized spacial score (nSPS) is 11.1. The molecule has 0 saturated carbocycles. The van der Waals surface area contributed by atoms with E-state index in [-0.39, 0.29) is 0 Å². The number of hydrogen-bond donors (Lipinski definition) is 0. The van der Waals surface area contributed by atoms with Gasteiger partial charge in [-0.25, -0.2) is 9.97 Å². The maximum Gasteiger partial charge on any atom is 0.0973 e. The molecule has 1 heterocycles. The molecule has 0 spiro atoms. The summed E-state index contributed by atoms with van der Waals surface area (Å²) >= 11 is 0. The van der Waals surface area contributed by atoms with Crippen LogP contribution in [0.2, 0.25) is 0 Å². The summed E-state index contributed by atoms with van der Waals surface area (Å²) in [5.74, 6) is 0. The van der Waals surface area contributed by atoms with Crippen molar-refractivity contribution in [2.75, 3.05) is 9.80 Å². The standard InChI is InChI=1S/C68H48N4/c1-7-21-49(22-8-1)55-39-45-61(51-25-11-3-12-26-51)65(47-55)71(57-29-15-5-16-30-57)59-41-35-53(36-42-59)67-68(70-64-34-20-19-33-63(64)69-67)54-37-43-60(44-38-54)72(58-31-17-6-18-32-58)66-48-56(50-23-9-2-10-24-50)40-46-62(66)52-27-13-4-14-28-52/h1-48H. The first-order chi connectivity index (χ1) is 35.7. The molecule has 0 unspecified atom stereocenters. The Hall–Kier alpha value is -9.64. The second-order valence-electron chi connectivity index (χ2n) is 17.8. The molecule has 4 heteroatoms. The number of anilines is 6. The molecular formula is C68H48N4. The summed E-state index contributed by atoms with van der Waals surface area (Å²) < 4.78 is 0. The Labute approximate surface area is 421 Å². The van der Waals surface area contributed by atoms with Gasteiger partial charge in [0.15, 0.2) is 0 Å². The predicted molar refractivity (Wildman–Crippen MR) is 302 cm³/mol. The smallest absolute Gasteiger partial charge is 0.0973 e. The van der Waals surface area contributed by atoms with Crippen molar-refractivity contribution in [2.24, 2.45) is 0 Å². The molecule has 0 saturated heterocycles. The first kappa shape index (κ1) is 43.6. The molecule has 0 N–H and O–H groups in total. The lowest BCUT2D eigenvalue weighted by atomic mass is 9.96. The first-order valence-corrected chi connectivity index (χ1v) is 24.4. The lowest BCUT2D eigenvalue weighted by molar-refractivity contribution is 1.26. The third kappa shape index (κ3) is 8.81. The van der Waals surface area contributed by atoms with Gasteiger partial charge >= 0.3 is 0 Å². The van der Waals surface area contributed by atoms with Gasteiger partial charge in [0.2, 0.25) is 0 Å². The summed E-state index contributed by atoms with van der Waals surface area (Å²) in [6, 6.07) is 103. The zero-order valence-electron chi connectivity index (χ0n) is 39.5. The van der Waals surface area contributed by atoms with Crippen LogP contribution in [0.3, 0.4) is 0 Å². The average Bonchev–Trinajstić information content (AvgIpc) is 3.47. The minimum atomic E-state index is 0.817. The highest BCUT2D eigenvalue weighted by atomic mass is 15.2. The van der Waals surface area contributed by atoms with Crippen molar-refractivity contribution in [2.45, 2.75) is 0 Å². The SMILES string of the molecule is c1ccc(-c2ccc(-c3ccccc3)c(N(c3ccccc3)c3ccc(-c4nc5ccccc5nc4-c4ccc(N(c5ccccc5)c5cc(-c6ccccc6)ccc5-c5ccccc5)cc4)cc3)c2)cc1. The van der Waals surface area contributed by atoms with Crippen molar-refractivity contribution in [3.63, 3.8) is 0 Å². The van der Waals surface area contributed by atoms with Crippen LogP contribution >= 0.6 is 0 Å². The number of para-hydroxylation sites is 4. The number of rotatable bonds is 12. The van der Waals surface area contributed by atoms with E-state index in [1.807, 2.05) is 24.3 Å². The van der Waals surface area contributed by atoms with Gasteiger partial charge in [0.25, 0.3) is 0 Å². The molecule has 340 valence electrons. The topological polar surface area (TPSA) is 32.3 Å². The van der Waals surface area contributed by atoms with E-state index in [9.17, 15) is 0 Å². The lowest BCUT2D eigenvalue weighted by Gasteiger charge is -2.29. The van der Waals surface area contributed by atoms with Gasteiger partial charge in [-0.15, -0.1) is 0 Å². The van der Waals surface area contributed by atoms with Gasteiger partial charge in [-0.3, -0.25) is 0 Å². The second-order valence-corrected chi connectivity index (χ2v) is 17.8. The number of hydrogen-bond acceptors (Lipinski definition) is 4. The van der Waals surface area contributed by atoms with Crippen LogP contribution in [0.5, 0.6) is 0 Å². The number of benzene rings is 11. The Morgan fingerprint density at radius 2 is 0.486 bits per heavy atom. The summed E-state index contributed by atoms with van der Waals surface area (Å²) in [7, 11) is 0.